The number of esters is 1. The van der Waals surface area contributed by atoms with Gasteiger partial charge in [-0.15, -0.1) is 0 Å². The Bertz CT molecular complexity index is 431. The van der Waals surface area contributed by atoms with Crippen LogP contribution in [0.1, 0.15) is 29.7 Å². The average Bonchev–Trinajstić information content (AvgIpc) is 2.23. The third kappa shape index (κ3) is 2.85. The Hall–Kier alpha value is -0.750. The number of methoxy groups -OCH3 is 1. The molecule has 1 rings (SSSR count). The van der Waals surface area contributed by atoms with Crippen LogP contribution in [0.4, 0.5) is 0 Å². The topological polar surface area (TPSA) is 55.0 Å². The predicted octanol–water partition coefficient (Wildman–Crippen LogP) is 2.64. The molecular weight excluding hydrogens is 280 g/mol. The van der Waals surface area contributed by atoms with E-state index in [0.717, 1.165) is 23.0 Å². The Morgan fingerprint density at radius 1 is 1.67 bits per heavy atom. The van der Waals surface area contributed by atoms with Crippen LogP contribution in [0.3, 0.4) is 0 Å². The maximum Gasteiger partial charge on any atom is 0.374 e. The van der Waals surface area contributed by atoms with E-state index in [-0.39, 0.29) is 5.82 Å². The fourth-order valence-electron chi connectivity index (χ4n) is 1.12. The fourth-order valence-corrected chi connectivity index (χ4v) is 1.72. The standard InChI is InChI=1S/C9H11BrN2O2S/c1-3-4-5-6(10)8(15)12-7(11-5)9(13)14-2/h3-4H2,1-2H3,(H,11,12,15). The molecule has 6 heteroatoms. The highest BCUT2D eigenvalue weighted by Gasteiger charge is 2.12. The van der Waals surface area contributed by atoms with E-state index in [2.05, 4.69) is 30.6 Å². The summed E-state index contributed by atoms with van der Waals surface area (Å²) in [6, 6.07) is 0. The van der Waals surface area contributed by atoms with Crippen molar-refractivity contribution in [3.05, 3.63) is 20.6 Å². The number of H-pyrrole nitrogens is 1. The van der Waals surface area contributed by atoms with Crippen molar-refractivity contribution in [3.63, 3.8) is 0 Å². The first kappa shape index (κ1) is 12.3. The van der Waals surface area contributed by atoms with Crippen LogP contribution in [-0.4, -0.2) is 23.0 Å². The van der Waals surface area contributed by atoms with Gasteiger partial charge in [0.1, 0.15) is 4.64 Å². The summed E-state index contributed by atoms with van der Waals surface area (Å²) < 4.78 is 5.69. The summed E-state index contributed by atoms with van der Waals surface area (Å²) in [4.78, 5) is 18.1. The molecule has 0 atom stereocenters. The number of halogens is 1. The van der Waals surface area contributed by atoms with Gasteiger partial charge >= 0.3 is 5.97 Å². The molecule has 0 aliphatic heterocycles. The van der Waals surface area contributed by atoms with Crippen LogP contribution in [0.15, 0.2) is 4.47 Å². The zero-order valence-electron chi connectivity index (χ0n) is 8.46. The Kier molecular flexibility index (Phi) is 4.41. The second-order valence-corrected chi connectivity index (χ2v) is 4.10. The molecule has 0 amide bonds. The quantitative estimate of drug-likeness (QED) is 0.687. The third-order valence-corrected chi connectivity index (χ3v) is 3.23. The molecule has 0 aromatic carbocycles. The number of aromatic nitrogens is 2. The zero-order valence-corrected chi connectivity index (χ0v) is 10.9. The average molecular weight is 291 g/mol. The van der Waals surface area contributed by atoms with Crippen molar-refractivity contribution < 1.29 is 9.53 Å². The Morgan fingerprint density at radius 2 is 2.33 bits per heavy atom. The molecule has 1 aromatic rings. The lowest BCUT2D eigenvalue weighted by molar-refractivity contribution is 0.0586. The summed E-state index contributed by atoms with van der Waals surface area (Å²) in [6.07, 6.45) is 1.76. The summed E-state index contributed by atoms with van der Waals surface area (Å²) in [5.41, 5.74) is 0.873. The van der Waals surface area contributed by atoms with Crippen molar-refractivity contribution >= 4 is 34.1 Å². The van der Waals surface area contributed by atoms with Crippen LogP contribution >= 0.6 is 28.1 Å². The van der Waals surface area contributed by atoms with Crippen molar-refractivity contribution in [1.29, 1.82) is 0 Å². The number of aromatic amines is 1. The molecule has 15 heavy (non-hydrogen) atoms. The summed E-state index contributed by atoms with van der Waals surface area (Å²) in [6.45, 7) is 2.04. The van der Waals surface area contributed by atoms with Crippen LogP contribution in [0.5, 0.6) is 0 Å². The van der Waals surface area contributed by atoms with E-state index in [0.29, 0.717) is 4.64 Å². The summed E-state index contributed by atoms with van der Waals surface area (Å²) in [5, 5.41) is 0. The fraction of sp³-hybridized carbons (Fsp3) is 0.444. The highest BCUT2D eigenvalue weighted by Crippen LogP contribution is 2.17. The van der Waals surface area contributed by atoms with Crippen LogP contribution in [0.25, 0.3) is 0 Å². The second-order valence-electron chi connectivity index (χ2n) is 2.92. The monoisotopic (exact) mass is 290 g/mol. The Morgan fingerprint density at radius 3 is 2.87 bits per heavy atom. The molecule has 0 saturated heterocycles. The number of rotatable bonds is 3. The van der Waals surface area contributed by atoms with Gasteiger partial charge in [-0.05, 0) is 22.4 Å². The number of hydrogen-bond acceptors (Lipinski definition) is 4. The number of carbonyl (C=O) groups excluding carboxylic acids is 1. The van der Waals surface area contributed by atoms with Crippen molar-refractivity contribution in [2.45, 2.75) is 19.8 Å². The molecule has 0 unspecified atom stereocenters. The first-order valence-electron chi connectivity index (χ1n) is 4.47. The number of ether oxygens (including phenoxy) is 1. The van der Waals surface area contributed by atoms with Crippen LogP contribution in [-0.2, 0) is 11.2 Å². The molecule has 0 aliphatic rings. The molecule has 0 radical (unpaired) electrons. The second kappa shape index (κ2) is 5.37. The van der Waals surface area contributed by atoms with Gasteiger partial charge in [-0.2, -0.15) is 0 Å². The summed E-state index contributed by atoms with van der Waals surface area (Å²) in [5.74, 6) is -0.361. The number of aryl methyl sites for hydroxylation is 1. The Balaban J connectivity index is 3.23. The van der Waals surface area contributed by atoms with Gasteiger partial charge in [0.25, 0.3) is 0 Å². The van der Waals surface area contributed by atoms with Gasteiger partial charge in [0.15, 0.2) is 0 Å². The SMILES string of the molecule is CCCc1[nH]c(C(=O)OC)nc(=S)c1Br. The van der Waals surface area contributed by atoms with Gasteiger partial charge in [0.05, 0.1) is 11.6 Å². The number of hydrogen-bond donors (Lipinski definition) is 1. The first-order valence-corrected chi connectivity index (χ1v) is 5.67. The molecule has 0 spiro atoms. The molecule has 82 valence electrons. The van der Waals surface area contributed by atoms with Gasteiger partial charge in [-0.3, -0.25) is 0 Å². The van der Waals surface area contributed by atoms with Gasteiger partial charge < -0.3 is 9.72 Å². The molecule has 1 aromatic heterocycles. The minimum atomic E-state index is -0.508. The lowest BCUT2D eigenvalue weighted by Gasteiger charge is -2.05. The van der Waals surface area contributed by atoms with Crippen molar-refractivity contribution in [1.82, 2.24) is 9.97 Å². The van der Waals surface area contributed by atoms with Gasteiger partial charge in [0.2, 0.25) is 5.82 Å². The maximum atomic E-state index is 11.3. The van der Waals surface area contributed by atoms with E-state index in [1.165, 1.54) is 7.11 Å². The van der Waals surface area contributed by atoms with Gasteiger partial charge in [-0.25, -0.2) is 9.78 Å². The normalized spacial score (nSPS) is 10.1. The smallest absolute Gasteiger partial charge is 0.374 e. The van der Waals surface area contributed by atoms with E-state index in [4.69, 9.17) is 12.2 Å². The minimum Gasteiger partial charge on any atom is -0.463 e. The number of nitrogens with one attached hydrogen (secondary N) is 1. The first-order chi connectivity index (χ1) is 7.10. The highest BCUT2D eigenvalue weighted by molar-refractivity contribution is 9.10. The lowest BCUT2D eigenvalue weighted by atomic mass is 10.2. The Labute approximate surface area is 101 Å². The van der Waals surface area contributed by atoms with E-state index in [9.17, 15) is 4.79 Å². The minimum absolute atomic E-state index is 0.147. The van der Waals surface area contributed by atoms with E-state index >= 15 is 0 Å². The highest BCUT2D eigenvalue weighted by atomic mass is 79.9. The maximum absolute atomic E-state index is 11.3. The molecule has 0 saturated carbocycles. The third-order valence-electron chi connectivity index (χ3n) is 1.81. The van der Waals surface area contributed by atoms with Gasteiger partial charge in [-0.1, -0.05) is 25.6 Å². The molecule has 1 N–H and O–H groups in total. The molecule has 0 bridgehead atoms. The van der Waals surface area contributed by atoms with E-state index in [1.807, 2.05) is 6.92 Å². The largest absolute Gasteiger partial charge is 0.463 e. The van der Waals surface area contributed by atoms with Crippen LogP contribution < -0.4 is 0 Å². The number of nitrogens with zero attached hydrogens (tertiary/aromatic N) is 1. The van der Waals surface area contributed by atoms with Crippen molar-refractivity contribution in [2.24, 2.45) is 0 Å². The molecule has 4 nitrogen and oxygen atoms in total. The van der Waals surface area contributed by atoms with E-state index in [1.54, 1.807) is 0 Å². The molecule has 1 heterocycles. The van der Waals surface area contributed by atoms with Crippen LogP contribution in [0, 0.1) is 4.64 Å². The molecular formula is C9H11BrN2O2S. The van der Waals surface area contributed by atoms with Crippen molar-refractivity contribution in [3.8, 4) is 0 Å². The van der Waals surface area contributed by atoms with E-state index < -0.39 is 5.97 Å². The summed E-state index contributed by atoms with van der Waals surface area (Å²) >= 11 is 8.36. The van der Waals surface area contributed by atoms with Crippen molar-refractivity contribution in [2.75, 3.05) is 7.11 Å². The molecule has 0 fully saturated rings. The summed E-state index contributed by atoms with van der Waals surface area (Å²) in [7, 11) is 1.31. The van der Waals surface area contributed by atoms with Crippen LogP contribution in [0.2, 0.25) is 0 Å². The predicted molar refractivity (Wildman–Crippen MR) is 62.5 cm³/mol. The molecule has 0 aliphatic carbocycles. The number of carbonyl (C=O) groups is 1. The lowest BCUT2D eigenvalue weighted by Crippen LogP contribution is -2.10. The van der Waals surface area contributed by atoms with Gasteiger partial charge in [0, 0.05) is 5.69 Å². The zero-order chi connectivity index (χ0) is 11.4.